The van der Waals surface area contributed by atoms with Crippen LogP contribution in [0.15, 0.2) is 0 Å². The molecular weight excluding hydrogens is 202 g/mol. The standard InChI is InChI=1S/C13H27NS/c1-3-14-12(2)8-7-11-15-13-9-5-4-6-10-13/h12-14H,3-11H2,1-2H3. The second-order valence-electron chi connectivity index (χ2n) is 4.73. The Balaban J connectivity index is 1.91. The van der Waals surface area contributed by atoms with Crippen molar-refractivity contribution in [2.24, 2.45) is 0 Å². The maximum Gasteiger partial charge on any atom is 0.00470 e. The Morgan fingerprint density at radius 2 is 2.00 bits per heavy atom. The minimum absolute atomic E-state index is 0.710. The molecule has 1 unspecified atom stereocenters. The van der Waals surface area contributed by atoms with Gasteiger partial charge in [0.15, 0.2) is 0 Å². The maximum atomic E-state index is 3.47. The van der Waals surface area contributed by atoms with Gasteiger partial charge in [0.1, 0.15) is 0 Å². The third-order valence-electron chi connectivity index (χ3n) is 3.24. The van der Waals surface area contributed by atoms with Crippen LogP contribution in [0.2, 0.25) is 0 Å². The van der Waals surface area contributed by atoms with Crippen LogP contribution in [-0.2, 0) is 0 Å². The van der Waals surface area contributed by atoms with Gasteiger partial charge in [0.05, 0.1) is 0 Å². The van der Waals surface area contributed by atoms with Gasteiger partial charge in [0.25, 0.3) is 0 Å². The average molecular weight is 229 g/mol. The van der Waals surface area contributed by atoms with Gasteiger partial charge in [0, 0.05) is 11.3 Å². The first-order chi connectivity index (χ1) is 7.33. The first-order valence-corrected chi connectivity index (χ1v) is 7.72. The molecule has 0 amide bonds. The van der Waals surface area contributed by atoms with Gasteiger partial charge in [-0.3, -0.25) is 0 Å². The molecule has 0 aliphatic heterocycles. The van der Waals surface area contributed by atoms with E-state index in [0.29, 0.717) is 6.04 Å². The summed E-state index contributed by atoms with van der Waals surface area (Å²) in [6, 6.07) is 0.710. The molecule has 15 heavy (non-hydrogen) atoms. The zero-order valence-electron chi connectivity index (χ0n) is 10.4. The molecule has 0 saturated heterocycles. The van der Waals surface area contributed by atoms with Crippen molar-refractivity contribution in [3.63, 3.8) is 0 Å². The lowest BCUT2D eigenvalue weighted by atomic mass is 10.0. The summed E-state index contributed by atoms with van der Waals surface area (Å²) in [6.07, 6.45) is 10.1. The van der Waals surface area contributed by atoms with Crippen LogP contribution in [0, 0.1) is 0 Å². The predicted molar refractivity (Wildman–Crippen MR) is 71.7 cm³/mol. The van der Waals surface area contributed by atoms with E-state index in [1.165, 1.54) is 50.7 Å². The summed E-state index contributed by atoms with van der Waals surface area (Å²) in [7, 11) is 0. The van der Waals surface area contributed by atoms with Gasteiger partial charge in [-0.05, 0) is 44.9 Å². The molecule has 1 nitrogen and oxygen atoms in total. The fourth-order valence-electron chi connectivity index (χ4n) is 2.32. The van der Waals surface area contributed by atoms with Crippen LogP contribution in [0.4, 0.5) is 0 Å². The van der Waals surface area contributed by atoms with Gasteiger partial charge >= 0.3 is 0 Å². The number of rotatable bonds is 7. The van der Waals surface area contributed by atoms with Crippen molar-refractivity contribution in [1.29, 1.82) is 0 Å². The summed E-state index contributed by atoms with van der Waals surface area (Å²) in [5.74, 6) is 1.38. The molecule has 90 valence electrons. The molecule has 0 spiro atoms. The zero-order chi connectivity index (χ0) is 10.9. The maximum absolute atomic E-state index is 3.47. The first kappa shape index (κ1) is 13.4. The van der Waals surface area contributed by atoms with Crippen LogP contribution in [0.3, 0.4) is 0 Å². The fraction of sp³-hybridized carbons (Fsp3) is 1.00. The molecule has 2 heteroatoms. The highest BCUT2D eigenvalue weighted by molar-refractivity contribution is 7.99. The SMILES string of the molecule is CCNC(C)CCCSC1CCCCC1. The summed E-state index contributed by atoms with van der Waals surface area (Å²) in [5, 5.41) is 4.47. The van der Waals surface area contributed by atoms with Crippen LogP contribution < -0.4 is 5.32 Å². The molecule has 1 fully saturated rings. The predicted octanol–water partition coefficient (Wildman–Crippen LogP) is 3.83. The molecule has 0 bridgehead atoms. The Morgan fingerprint density at radius 1 is 1.27 bits per heavy atom. The fourth-order valence-corrected chi connectivity index (χ4v) is 3.66. The third kappa shape index (κ3) is 6.47. The molecule has 1 atom stereocenters. The molecule has 1 aliphatic carbocycles. The molecule has 0 aromatic carbocycles. The van der Waals surface area contributed by atoms with E-state index in [4.69, 9.17) is 0 Å². The van der Waals surface area contributed by atoms with E-state index >= 15 is 0 Å². The third-order valence-corrected chi connectivity index (χ3v) is 4.71. The summed E-state index contributed by atoms with van der Waals surface area (Å²) < 4.78 is 0. The van der Waals surface area contributed by atoms with Crippen molar-refractivity contribution < 1.29 is 0 Å². The highest BCUT2D eigenvalue weighted by Crippen LogP contribution is 2.28. The van der Waals surface area contributed by atoms with E-state index in [0.717, 1.165) is 11.8 Å². The topological polar surface area (TPSA) is 12.0 Å². The minimum atomic E-state index is 0.710. The Kier molecular flexibility index (Phi) is 7.54. The van der Waals surface area contributed by atoms with Gasteiger partial charge in [-0.2, -0.15) is 11.8 Å². The van der Waals surface area contributed by atoms with Crippen molar-refractivity contribution in [1.82, 2.24) is 5.32 Å². The van der Waals surface area contributed by atoms with E-state index in [9.17, 15) is 0 Å². The normalized spacial score (nSPS) is 20.4. The molecule has 0 aromatic rings. The number of thioether (sulfide) groups is 1. The van der Waals surface area contributed by atoms with E-state index in [1.54, 1.807) is 0 Å². The second kappa shape index (κ2) is 8.46. The van der Waals surface area contributed by atoms with E-state index < -0.39 is 0 Å². The molecule has 0 radical (unpaired) electrons. The number of nitrogens with one attached hydrogen (secondary N) is 1. The van der Waals surface area contributed by atoms with Crippen molar-refractivity contribution in [2.45, 2.75) is 70.1 Å². The first-order valence-electron chi connectivity index (χ1n) is 6.68. The van der Waals surface area contributed by atoms with Crippen molar-refractivity contribution in [2.75, 3.05) is 12.3 Å². The zero-order valence-corrected chi connectivity index (χ0v) is 11.2. The highest BCUT2D eigenvalue weighted by atomic mass is 32.2. The number of hydrogen-bond acceptors (Lipinski definition) is 2. The van der Waals surface area contributed by atoms with Gasteiger partial charge in [-0.25, -0.2) is 0 Å². The van der Waals surface area contributed by atoms with Crippen LogP contribution >= 0.6 is 11.8 Å². The summed E-state index contributed by atoms with van der Waals surface area (Å²) in [5.41, 5.74) is 0. The van der Waals surface area contributed by atoms with E-state index in [1.807, 2.05) is 0 Å². The largest absolute Gasteiger partial charge is 0.315 e. The van der Waals surface area contributed by atoms with Crippen molar-refractivity contribution in [3.05, 3.63) is 0 Å². The Morgan fingerprint density at radius 3 is 2.67 bits per heavy atom. The molecule has 1 rings (SSSR count). The molecule has 0 aromatic heterocycles. The Bertz CT molecular complexity index is 143. The lowest BCUT2D eigenvalue weighted by Crippen LogP contribution is -2.25. The second-order valence-corrected chi connectivity index (χ2v) is 6.14. The van der Waals surface area contributed by atoms with Crippen molar-refractivity contribution >= 4 is 11.8 Å². The lowest BCUT2D eigenvalue weighted by molar-refractivity contribution is 0.512. The highest BCUT2D eigenvalue weighted by Gasteiger charge is 2.13. The van der Waals surface area contributed by atoms with Crippen molar-refractivity contribution in [3.8, 4) is 0 Å². The van der Waals surface area contributed by atoms with Gasteiger partial charge in [-0.1, -0.05) is 26.2 Å². The quantitative estimate of drug-likeness (QED) is 0.666. The van der Waals surface area contributed by atoms with Gasteiger partial charge in [-0.15, -0.1) is 0 Å². The van der Waals surface area contributed by atoms with Crippen LogP contribution in [0.1, 0.15) is 58.8 Å². The summed E-state index contributed by atoms with van der Waals surface area (Å²) in [4.78, 5) is 0. The molecule has 1 saturated carbocycles. The van der Waals surface area contributed by atoms with E-state index in [2.05, 4.69) is 30.9 Å². The molecule has 0 heterocycles. The summed E-state index contributed by atoms with van der Waals surface area (Å²) >= 11 is 2.23. The van der Waals surface area contributed by atoms with Gasteiger partial charge in [0.2, 0.25) is 0 Å². The molecule has 1 aliphatic rings. The monoisotopic (exact) mass is 229 g/mol. The molecule has 1 N–H and O–H groups in total. The summed E-state index contributed by atoms with van der Waals surface area (Å²) in [6.45, 7) is 5.60. The minimum Gasteiger partial charge on any atom is -0.315 e. The van der Waals surface area contributed by atoms with E-state index in [-0.39, 0.29) is 0 Å². The average Bonchev–Trinajstić information content (AvgIpc) is 2.26. The van der Waals surface area contributed by atoms with Crippen LogP contribution in [0.5, 0.6) is 0 Å². The Hall–Kier alpha value is 0.310. The molecular formula is C13H27NS. The van der Waals surface area contributed by atoms with Gasteiger partial charge < -0.3 is 5.32 Å². The Labute approximate surface area is 99.8 Å². The van der Waals surface area contributed by atoms with Crippen LogP contribution in [0.25, 0.3) is 0 Å². The number of hydrogen-bond donors (Lipinski definition) is 1. The smallest absolute Gasteiger partial charge is 0.00470 e. The van der Waals surface area contributed by atoms with Crippen LogP contribution in [-0.4, -0.2) is 23.6 Å². The lowest BCUT2D eigenvalue weighted by Gasteiger charge is -2.21.